The molecule has 6 heteroatoms. The Morgan fingerprint density at radius 2 is 2.00 bits per heavy atom. The molecule has 0 bridgehead atoms. The van der Waals surface area contributed by atoms with E-state index < -0.39 is 6.10 Å². The normalized spacial score (nSPS) is 16.7. The van der Waals surface area contributed by atoms with Gasteiger partial charge in [0.15, 0.2) is 11.5 Å². The molecule has 2 aromatic carbocycles. The van der Waals surface area contributed by atoms with Crippen molar-refractivity contribution in [3.05, 3.63) is 54.1 Å². The molecule has 0 aromatic heterocycles. The van der Waals surface area contributed by atoms with Gasteiger partial charge >= 0.3 is 0 Å². The number of nitrogens with one attached hydrogen (secondary N) is 1. The number of rotatable bonds is 3. The van der Waals surface area contributed by atoms with Gasteiger partial charge < -0.3 is 15.2 Å². The number of carbonyl (C=O) groups excluding carboxylic acids is 1. The van der Waals surface area contributed by atoms with Gasteiger partial charge in [-0.05, 0) is 36.8 Å². The number of hydrogen-bond donors (Lipinski definition) is 2. The Morgan fingerprint density at radius 3 is 2.78 bits per heavy atom. The van der Waals surface area contributed by atoms with Gasteiger partial charge in [0.2, 0.25) is 6.10 Å². The number of benzene rings is 2. The van der Waals surface area contributed by atoms with Crippen molar-refractivity contribution in [2.45, 2.75) is 13.0 Å². The van der Waals surface area contributed by atoms with E-state index in [1.807, 2.05) is 24.3 Å². The molecule has 1 aliphatic heterocycles. The van der Waals surface area contributed by atoms with Crippen LogP contribution in [0.1, 0.15) is 12.5 Å². The lowest BCUT2D eigenvalue weighted by molar-refractivity contribution is -0.130. The number of hydrazone groups is 1. The first-order chi connectivity index (χ1) is 11.1. The van der Waals surface area contributed by atoms with Crippen LogP contribution in [-0.4, -0.2) is 24.3 Å². The van der Waals surface area contributed by atoms with Gasteiger partial charge in [0.1, 0.15) is 6.61 Å². The van der Waals surface area contributed by atoms with E-state index in [9.17, 15) is 4.79 Å². The van der Waals surface area contributed by atoms with Crippen molar-refractivity contribution in [2.24, 2.45) is 5.10 Å². The first-order valence-electron chi connectivity index (χ1n) is 7.22. The van der Waals surface area contributed by atoms with Crippen molar-refractivity contribution < 1.29 is 14.3 Å². The summed E-state index contributed by atoms with van der Waals surface area (Å²) in [6.45, 7) is 1.94. The minimum atomic E-state index is -0.734. The first-order valence-corrected chi connectivity index (χ1v) is 7.22. The Kier molecular flexibility index (Phi) is 4.14. The fraction of sp³-hybridized carbons (Fsp3) is 0.176. The summed E-state index contributed by atoms with van der Waals surface area (Å²) in [6, 6.07) is 14.5. The molecule has 0 saturated carbocycles. The van der Waals surface area contributed by atoms with Crippen LogP contribution in [0.5, 0.6) is 11.5 Å². The summed E-state index contributed by atoms with van der Waals surface area (Å²) in [5.74, 6) is 0.828. The van der Waals surface area contributed by atoms with E-state index in [0.717, 1.165) is 5.56 Å². The molecule has 1 atom stereocenters. The van der Waals surface area contributed by atoms with Crippen molar-refractivity contribution in [1.82, 2.24) is 5.43 Å². The molecule has 1 amide bonds. The highest BCUT2D eigenvalue weighted by atomic mass is 16.6. The topological polar surface area (TPSA) is 85.9 Å². The Balaban J connectivity index is 1.65. The summed E-state index contributed by atoms with van der Waals surface area (Å²) in [6.07, 6.45) is -0.734. The molecule has 0 radical (unpaired) electrons. The van der Waals surface area contributed by atoms with Crippen LogP contribution in [0.15, 0.2) is 53.6 Å². The van der Waals surface area contributed by atoms with E-state index in [1.165, 1.54) is 0 Å². The van der Waals surface area contributed by atoms with Gasteiger partial charge in [-0.15, -0.1) is 0 Å². The van der Waals surface area contributed by atoms with Crippen LogP contribution >= 0.6 is 0 Å². The molecule has 1 heterocycles. The second kappa shape index (κ2) is 6.39. The highest BCUT2D eigenvalue weighted by Gasteiger charge is 2.27. The minimum Gasteiger partial charge on any atom is -0.485 e. The number of nitrogens with two attached hydrogens (primary N) is 1. The summed E-state index contributed by atoms with van der Waals surface area (Å²) in [4.78, 5) is 12.2. The van der Waals surface area contributed by atoms with Gasteiger partial charge in [-0.25, -0.2) is 5.43 Å². The molecule has 3 rings (SSSR count). The Labute approximate surface area is 133 Å². The molecule has 6 nitrogen and oxygen atoms in total. The number of anilines is 1. The number of ether oxygens (including phenoxy) is 2. The number of fused-ring (bicyclic) bond motifs is 1. The van der Waals surface area contributed by atoms with E-state index in [4.69, 9.17) is 15.2 Å². The van der Waals surface area contributed by atoms with E-state index in [2.05, 4.69) is 10.5 Å². The van der Waals surface area contributed by atoms with Gasteiger partial charge in [0.25, 0.3) is 5.91 Å². The molecule has 0 fully saturated rings. The first kappa shape index (κ1) is 14.9. The standard InChI is InChI=1S/C17H17N3O3/c1-11(12-5-4-6-13(18)9-12)19-20-17(21)16-10-22-14-7-2-3-8-15(14)23-16/h2-9,16H,10,18H2,1H3,(H,20,21)/b19-11-/t16-/m1/s1. The Morgan fingerprint density at radius 1 is 1.22 bits per heavy atom. The van der Waals surface area contributed by atoms with Crippen molar-refractivity contribution in [1.29, 1.82) is 0 Å². The molecule has 3 N–H and O–H groups in total. The van der Waals surface area contributed by atoms with Crippen molar-refractivity contribution in [2.75, 3.05) is 12.3 Å². The van der Waals surface area contributed by atoms with Crippen molar-refractivity contribution in [3.63, 3.8) is 0 Å². The van der Waals surface area contributed by atoms with E-state index >= 15 is 0 Å². The van der Waals surface area contributed by atoms with Gasteiger partial charge in [0, 0.05) is 5.69 Å². The second-order valence-electron chi connectivity index (χ2n) is 5.16. The molecule has 1 aliphatic rings. The average molecular weight is 311 g/mol. The molecule has 0 aliphatic carbocycles. The van der Waals surface area contributed by atoms with Crippen LogP contribution in [0.2, 0.25) is 0 Å². The quantitative estimate of drug-likeness (QED) is 0.515. The number of para-hydroxylation sites is 2. The molecule has 2 aromatic rings. The summed E-state index contributed by atoms with van der Waals surface area (Å²) in [5, 5.41) is 4.09. The van der Waals surface area contributed by atoms with Crippen LogP contribution in [0.25, 0.3) is 0 Å². The monoisotopic (exact) mass is 311 g/mol. The lowest BCUT2D eigenvalue weighted by Gasteiger charge is -2.24. The number of carbonyl (C=O) groups is 1. The van der Waals surface area contributed by atoms with Gasteiger partial charge in [0.05, 0.1) is 5.71 Å². The largest absolute Gasteiger partial charge is 0.485 e. The van der Waals surface area contributed by atoms with Crippen LogP contribution in [0.3, 0.4) is 0 Å². The SMILES string of the molecule is C/C(=N/NC(=O)[C@H]1COc2ccccc2O1)c1cccc(N)c1. The zero-order chi connectivity index (χ0) is 16.2. The zero-order valence-electron chi connectivity index (χ0n) is 12.7. The predicted octanol–water partition coefficient (Wildman–Crippen LogP) is 1.95. The maximum Gasteiger partial charge on any atom is 0.284 e. The third-order valence-electron chi connectivity index (χ3n) is 3.44. The van der Waals surface area contributed by atoms with Crippen molar-refractivity contribution >= 4 is 17.3 Å². The molecular weight excluding hydrogens is 294 g/mol. The Bertz CT molecular complexity index is 758. The van der Waals surface area contributed by atoms with E-state index in [1.54, 1.807) is 31.2 Å². The minimum absolute atomic E-state index is 0.149. The third-order valence-corrected chi connectivity index (χ3v) is 3.44. The van der Waals surface area contributed by atoms with Crippen LogP contribution < -0.4 is 20.6 Å². The van der Waals surface area contributed by atoms with Gasteiger partial charge in [-0.3, -0.25) is 4.79 Å². The van der Waals surface area contributed by atoms with Crippen molar-refractivity contribution in [3.8, 4) is 11.5 Å². The highest BCUT2D eigenvalue weighted by Crippen LogP contribution is 2.30. The second-order valence-corrected chi connectivity index (χ2v) is 5.16. The summed E-state index contributed by atoms with van der Waals surface area (Å²) < 4.78 is 11.1. The van der Waals surface area contributed by atoms with Gasteiger partial charge in [-0.2, -0.15) is 5.10 Å². The molecule has 118 valence electrons. The van der Waals surface area contributed by atoms with Crippen LogP contribution in [-0.2, 0) is 4.79 Å². The van der Waals surface area contributed by atoms with E-state index in [0.29, 0.717) is 22.9 Å². The molecule has 0 unspecified atom stereocenters. The van der Waals surface area contributed by atoms with E-state index in [-0.39, 0.29) is 12.5 Å². The summed E-state index contributed by atoms with van der Waals surface area (Å²) in [7, 11) is 0. The molecule has 23 heavy (non-hydrogen) atoms. The summed E-state index contributed by atoms with van der Waals surface area (Å²) >= 11 is 0. The smallest absolute Gasteiger partial charge is 0.284 e. The fourth-order valence-corrected chi connectivity index (χ4v) is 2.19. The number of nitrogen functional groups attached to an aromatic ring is 1. The zero-order valence-corrected chi connectivity index (χ0v) is 12.7. The maximum atomic E-state index is 12.2. The number of amides is 1. The highest BCUT2D eigenvalue weighted by molar-refractivity contribution is 6.00. The third kappa shape index (κ3) is 3.42. The number of hydrogen-bond acceptors (Lipinski definition) is 5. The Hall–Kier alpha value is -3.02. The maximum absolute atomic E-state index is 12.2. The lowest BCUT2D eigenvalue weighted by Crippen LogP contribution is -2.42. The number of nitrogens with zero attached hydrogens (tertiary/aromatic N) is 1. The average Bonchev–Trinajstić information content (AvgIpc) is 2.59. The lowest BCUT2D eigenvalue weighted by atomic mass is 10.1. The predicted molar refractivity (Wildman–Crippen MR) is 87.6 cm³/mol. The van der Waals surface area contributed by atoms with Crippen LogP contribution in [0.4, 0.5) is 5.69 Å². The fourth-order valence-electron chi connectivity index (χ4n) is 2.19. The molecule has 0 spiro atoms. The molecular formula is C17H17N3O3. The molecule has 0 saturated heterocycles. The van der Waals surface area contributed by atoms with Crippen LogP contribution in [0, 0.1) is 0 Å². The van der Waals surface area contributed by atoms with Gasteiger partial charge in [-0.1, -0.05) is 24.3 Å². The summed E-state index contributed by atoms with van der Waals surface area (Å²) in [5.41, 5.74) is 10.4.